The predicted octanol–water partition coefficient (Wildman–Crippen LogP) is 1.62. The number of aliphatic carboxylic acids is 1. The molecule has 6 nitrogen and oxygen atoms in total. The van der Waals surface area contributed by atoms with Crippen LogP contribution >= 0.6 is 0 Å². The highest BCUT2D eigenvalue weighted by Gasteiger charge is 2.09. The van der Waals surface area contributed by atoms with Gasteiger partial charge in [0.25, 0.3) is 5.91 Å². The van der Waals surface area contributed by atoms with Crippen molar-refractivity contribution < 1.29 is 19.4 Å². The molecule has 0 bridgehead atoms. The minimum atomic E-state index is -1.02. The Morgan fingerprint density at radius 2 is 2.10 bits per heavy atom. The third-order valence-corrected chi connectivity index (χ3v) is 3.33. The Morgan fingerprint density at radius 1 is 1.33 bits per heavy atom. The number of carbonyl (C=O) groups excluding carboxylic acids is 1. The molecule has 1 aromatic carbocycles. The van der Waals surface area contributed by atoms with Gasteiger partial charge < -0.3 is 20.1 Å². The summed E-state index contributed by atoms with van der Waals surface area (Å²) in [5, 5.41) is 12.1. The molecule has 0 unspecified atom stereocenters. The van der Waals surface area contributed by atoms with Gasteiger partial charge in [-0.3, -0.25) is 4.79 Å². The van der Waals surface area contributed by atoms with E-state index in [0.717, 1.165) is 22.2 Å². The lowest BCUT2D eigenvalue weighted by Gasteiger charge is -2.05. The molecule has 6 heteroatoms. The Labute approximate surface area is 122 Å². The predicted molar refractivity (Wildman–Crippen MR) is 78.6 cm³/mol. The number of rotatable bonds is 6. The molecule has 0 aliphatic rings. The van der Waals surface area contributed by atoms with Gasteiger partial charge in [-0.15, -0.1) is 0 Å². The lowest BCUT2D eigenvalue weighted by molar-refractivity contribution is -0.142. The lowest BCUT2D eigenvalue weighted by Crippen LogP contribution is -2.27. The molecule has 1 aromatic heterocycles. The smallest absolute Gasteiger partial charge is 0.329 e. The molecular formula is C15H18N2O4. The third kappa shape index (κ3) is 3.61. The van der Waals surface area contributed by atoms with Gasteiger partial charge in [-0.2, -0.15) is 0 Å². The Morgan fingerprint density at radius 3 is 2.81 bits per heavy atom. The van der Waals surface area contributed by atoms with Crippen molar-refractivity contribution in [2.75, 3.05) is 19.8 Å². The second-order valence-corrected chi connectivity index (χ2v) is 4.84. The van der Waals surface area contributed by atoms with Gasteiger partial charge in [-0.25, -0.2) is 4.79 Å². The summed E-state index contributed by atoms with van der Waals surface area (Å²) in [4.78, 5) is 25.5. The van der Waals surface area contributed by atoms with Crippen molar-refractivity contribution in [1.82, 2.24) is 10.3 Å². The number of hydrogen-bond acceptors (Lipinski definition) is 3. The number of aromatic amines is 1. The highest BCUT2D eigenvalue weighted by atomic mass is 16.5. The van der Waals surface area contributed by atoms with Gasteiger partial charge >= 0.3 is 5.97 Å². The average Bonchev–Trinajstić information content (AvgIpc) is 2.73. The fourth-order valence-electron chi connectivity index (χ4n) is 2.10. The second-order valence-electron chi connectivity index (χ2n) is 4.84. The van der Waals surface area contributed by atoms with Crippen LogP contribution in [0.1, 0.15) is 21.6 Å². The van der Waals surface area contributed by atoms with Crippen LogP contribution in [0.5, 0.6) is 0 Å². The molecule has 0 aliphatic carbocycles. The van der Waals surface area contributed by atoms with E-state index in [4.69, 9.17) is 9.84 Å². The van der Waals surface area contributed by atoms with Gasteiger partial charge in [0, 0.05) is 28.7 Å². The standard InChI is InChI=1S/C15H18N2O4/c1-9-10(2)17-13-4-3-11(7-12(9)13)15(20)16-5-6-21-8-14(18)19/h3-4,7,17H,5-6,8H2,1-2H3,(H,16,20)(H,18,19). The molecule has 0 saturated carbocycles. The molecule has 21 heavy (non-hydrogen) atoms. The van der Waals surface area contributed by atoms with E-state index < -0.39 is 5.97 Å². The zero-order chi connectivity index (χ0) is 15.4. The van der Waals surface area contributed by atoms with E-state index in [2.05, 4.69) is 10.3 Å². The second kappa shape index (κ2) is 6.41. The number of carbonyl (C=O) groups is 2. The number of carboxylic acid groups (broad SMARTS) is 1. The van der Waals surface area contributed by atoms with Crippen LogP contribution in [-0.4, -0.2) is 41.7 Å². The molecule has 3 N–H and O–H groups in total. The van der Waals surface area contributed by atoms with Crippen molar-refractivity contribution in [1.29, 1.82) is 0 Å². The number of benzene rings is 1. The number of hydrogen-bond donors (Lipinski definition) is 3. The summed E-state index contributed by atoms with van der Waals surface area (Å²) < 4.78 is 4.85. The summed E-state index contributed by atoms with van der Waals surface area (Å²) in [6.45, 7) is 4.09. The normalized spacial score (nSPS) is 10.8. The fraction of sp³-hybridized carbons (Fsp3) is 0.333. The molecule has 0 atom stereocenters. The molecule has 0 fully saturated rings. The van der Waals surface area contributed by atoms with E-state index in [1.54, 1.807) is 6.07 Å². The van der Waals surface area contributed by atoms with Crippen LogP contribution in [-0.2, 0) is 9.53 Å². The van der Waals surface area contributed by atoms with Crippen LogP contribution in [0.25, 0.3) is 10.9 Å². The SMILES string of the molecule is Cc1[nH]c2ccc(C(=O)NCCOCC(=O)O)cc2c1C. The van der Waals surface area contributed by atoms with E-state index in [9.17, 15) is 9.59 Å². The van der Waals surface area contributed by atoms with Crippen molar-refractivity contribution in [3.8, 4) is 0 Å². The highest BCUT2D eigenvalue weighted by Crippen LogP contribution is 2.22. The molecule has 0 spiro atoms. The van der Waals surface area contributed by atoms with Gasteiger partial charge in [0.05, 0.1) is 6.61 Å². The summed E-state index contributed by atoms with van der Waals surface area (Å²) in [6.07, 6.45) is 0. The summed E-state index contributed by atoms with van der Waals surface area (Å²) in [7, 11) is 0. The van der Waals surface area contributed by atoms with E-state index in [-0.39, 0.29) is 25.7 Å². The summed E-state index contributed by atoms with van der Waals surface area (Å²) >= 11 is 0. The maximum Gasteiger partial charge on any atom is 0.329 e. The quantitative estimate of drug-likeness (QED) is 0.705. The molecule has 0 radical (unpaired) electrons. The van der Waals surface area contributed by atoms with Crippen molar-refractivity contribution >= 4 is 22.8 Å². The number of carboxylic acids is 1. The topological polar surface area (TPSA) is 91.4 Å². The largest absolute Gasteiger partial charge is 0.480 e. The first-order valence-corrected chi connectivity index (χ1v) is 6.65. The number of fused-ring (bicyclic) bond motifs is 1. The maximum atomic E-state index is 12.0. The summed E-state index contributed by atoms with van der Waals surface area (Å²) in [6, 6.07) is 5.48. The van der Waals surface area contributed by atoms with Crippen LogP contribution in [0.3, 0.4) is 0 Å². The monoisotopic (exact) mass is 290 g/mol. The van der Waals surface area contributed by atoms with Crippen molar-refractivity contribution in [2.45, 2.75) is 13.8 Å². The molecule has 2 rings (SSSR count). The minimum Gasteiger partial charge on any atom is -0.480 e. The van der Waals surface area contributed by atoms with Crippen LogP contribution < -0.4 is 5.32 Å². The van der Waals surface area contributed by atoms with Crippen LogP contribution in [0, 0.1) is 13.8 Å². The van der Waals surface area contributed by atoms with Crippen molar-refractivity contribution in [3.05, 3.63) is 35.0 Å². The maximum absolute atomic E-state index is 12.0. The van der Waals surface area contributed by atoms with Crippen LogP contribution in [0.2, 0.25) is 0 Å². The number of H-pyrrole nitrogens is 1. The first kappa shape index (κ1) is 15.1. The molecule has 0 saturated heterocycles. The van der Waals surface area contributed by atoms with E-state index in [0.29, 0.717) is 5.56 Å². The average molecular weight is 290 g/mol. The van der Waals surface area contributed by atoms with E-state index in [1.807, 2.05) is 26.0 Å². The Bertz CT molecular complexity index is 676. The van der Waals surface area contributed by atoms with Crippen molar-refractivity contribution in [3.63, 3.8) is 0 Å². The van der Waals surface area contributed by atoms with Crippen molar-refractivity contribution in [2.24, 2.45) is 0 Å². The lowest BCUT2D eigenvalue weighted by atomic mass is 10.1. The minimum absolute atomic E-state index is 0.169. The number of amides is 1. The van der Waals surface area contributed by atoms with Crippen LogP contribution in [0.15, 0.2) is 18.2 Å². The highest BCUT2D eigenvalue weighted by molar-refractivity contribution is 5.99. The molecule has 112 valence electrons. The van der Waals surface area contributed by atoms with E-state index >= 15 is 0 Å². The van der Waals surface area contributed by atoms with Crippen LogP contribution in [0.4, 0.5) is 0 Å². The van der Waals surface area contributed by atoms with Gasteiger partial charge in [0.2, 0.25) is 0 Å². The molecule has 0 aliphatic heterocycles. The Kier molecular flexibility index (Phi) is 4.59. The number of nitrogens with one attached hydrogen (secondary N) is 2. The molecular weight excluding hydrogens is 272 g/mol. The first-order chi connectivity index (χ1) is 9.99. The van der Waals surface area contributed by atoms with E-state index in [1.165, 1.54) is 0 Å². The van der Waals surface area contributed by atoms with Gasteiger partial charge in [0.15, 0.2) is 0 Å². The molecule has 2 aromatic rings. The number of aryl methyl sites for hydroxylation is 2. The fourth-order valence-corrected chi connectivity index (χ4v) is 2.10. The zero-order valence-electron chi connectivity index (χ0n) is 12.0. The van der Waals surface area contributed by atoms with Gasteiger partial charge in [-0.1, -0.05) is 0 Å². The molecule has 1 heterocycles. The Balaban J connectivity index is 1.96. The number of aromatic nitrogens is 1. The third-order valence-electron chi connectivity index (χ3n) is 3.33. The molecule has 1 amide bonds. The summed E-state index contributed by atoms with van der Waals surface area (Å²) in [5.41, 5.74) is 3.79. The van der Waals surface area contributed by atoms with Gasteiger partial charge in [-0.05, 0) is 37.6 Å². The van der Waals surface area contributed by atoms with Gasteiger partial charge in [0.1, 0.15) is 6.61 Å². The Hall–Kier alpha value is -2.34. The summed E-state index contributed by atoms with van der Waals surface area (Å²) in [5.74, 6) is -1.22. The number of ether oxygens (including phenoxy) is 1. The zero-order valence-corrected chi connectivity index (χ0v) is 12.0. The first-order valence-electron chi connectivity index (χ1n) is 6.65.